The van der Waals surface area contributed by atoms with Crippen LogP contribution in [0.2, 0.25) is 0 Å². The molecule has 2 aliphatic rings. The average Bonchev–Trinajstić information content (AvgIpc) is 3.35. The first-order chi connectivity index (χ1) is 19.1. The van der Waals surface area contributed by atoms with Crippen LogP contribution in [-0.2, 0) is 24.1 Å². The first-order valence-corrected chi connectivity index (χ1v) is 13.5. The number of aromatic nitrogens is 1. The van der Waals surface area contributed by atoms with Crippen molar-refractivity contribution in [2.75, 3.05) is 42.1 Å². The van der Waals surface area contributed by atoms with Gasteiger partial charge in [-0.15, -0.1) is 0 Å². The number of aromatic amines is 1. The summed E-state index contributed by atoms with van der Waals surface area (Å²) >= 11 is 0. The van der Waals surface area contributed by atoms with Crippen LogP contribution in [0.1, 0.15) is 47.8 Å². The van der Waals surface area contributed by atoms with Crippen LogP contribution < -0.4 is 9.47 Å². The Bertz CT molecular complexity index is 1250. The summed E-state index contributed by atoms with van der Waals surface area (Å²) in [5, 5.41) is 8.30. The van der Waals surface area contributed by atoms with E-state index in [1.165, 1.54) is 38.9 Å². The van der Waals surface area contributed by atoms with Gasteiger partial charge in [0.15, 0.2) is 0 Å². The van der Waals surface area contributed by atoms with E-state index in [-0.39, 0.29) is 0 Å². The number of hydrogen-bond acceptors (Lipinski definition) is 5. The quantitative estimate of drug-likeness (QED) is 0.298. The molecule has 0 fully saturated rings. The van der Waals surface area contributed by atoms with Gasteiger partial charge in [-0.2, -0.15) is 0 Å². The van der Waals surface area contributed by atoms with Crippen molar-refractivity contribution in [3.8, 4) is 11.5 Å². The molecular weight excluding hydrogens is 488 g/mol. The largest absolute Gasteiger partial charge is 0.497 e. The number of aryl methyl sites for hydroxylation is 1. The highest BCUT2D eigenvalue weighted by molar-refractivity contribution is 5.86. The predicted octanol–water partition coefficient (Wildman–Crippen LogP) is 6.73. The van der Waals surface area contributed by atoms with Crippen LogP contribution in [-0.4, -0.2) is 57.1 Å². The molecule has 6 heteroatoms. The molecule has 0 radical (unpaired) electrons. The fraction of sp³-hybridized carbons (Fsp3) is 0.394. The van der Waals surface area contributed by atoms with Crippen LogP contribution in [0.25, 0.3) is 10.9 Å². The maximum absolute atomic E-state index is 7.00. The molecule has 39 heavy (non-hydrogen) atoms. The van der Waals surface area contributed by atoms with E-state index < -0.39 is 0 Å². The first-order valence-electron chi connectivity index (χ1n) is 13.5. The second kappa shape index (κ2) is 16.6. The lowest BCUT2D eigenvalue weighted by Crippen LogP contribution is -2.39. The van der Waals surface area contributed by atoms with E-state index in [0.29, 0.717) is 6.04 Å². The van der Waals surface area contributed by atoms with Gasteiger partial charge < -0.3 is 24.3 Å². The molecule has 0 saturated carbocycles. The van der Waals surface area contributed by atoms with Crippen molar-refractivity contribution in [1.29, 1.82) is 0 Å². The number of ether oxygens (including phenoxy) is 3. The van der Waals surface area contributed by atoms with Gasteiger partial charge in [0.1, 0.15) is 11.5 Å². The number of nitrogens with zero attached hydrogens (tertiary/aromatic N) is 1. The number of H-pyrrole nitrogens is 1. The third kappa shape index (κ3) is 8.09. The molecule has 6 nitrogen and oxygen atoms in total. The van der Waals surface area contributed by atoms with Crippen LogP contribution in [0, 0.1) is 6.92 Å². The van der Waals surface area contributed by atoms with Gasteiger partial charge in [0.25, 0.3) is 0 Å². The maximum atomic E-state index is 7.00. The molecule has 1 atom stereocenters. The lowest BCUT2D eigenvalue weighted by Gasteiger charge is -2.40. The summed E-state index contributed by atoms with van der Waals surface area (Å²) in [6.07, 6.45) is 2.14. The number of benzene rings is 3. The zero-order chi connectivity index (χ0) is 28.8. The zero-order valence-corrected chi connectivity index (χ0v) is 24.9. The Morgan fingerprint density at radius 3 is 2.05 bits per heavy atom. The minimum absolute atomic E-state index is 0.427. The highest BCUT2D eigenvalue weighted by Crippen LogP contribution is 2.41. The summed E-state index contributed by atoms with van der Waals surface area (Å²) in [5.41, 5.74) is 8.20. The molecule has 0 aliphatic carbocycles. The van der Waals surface area contributed by atoms with Crippen LogP contribution in [0.4, 0.5) is 0 Å². The number of aliphatic hydroxyl groups is 1. The minimum Gasteiger partial charge on any atom is -0.497 e. The van der Waals surface area contributed by atoms with Crippen molar-refractivity contribution in [3.63, 3.8) is 0 Å². The molecule has 0 spiro atoms. The van der Waals surface area contributed by atoms with Gasteiger partial charge in [-0.05, 0) is 66.8 Å². The summed E-state index contributed by atoms with van der Waals surface area (Å²) in [7, 11) is 7.72. The van der Waals surface area contributed by atoms with E-state index in [0.717, 1.165) is 44.5 Å². The summed E-state index contributed by atoms with van der Waals surface area (Å²) in [6.45, 7) is 8.18. The van der Waals surface area contributed by atoms with E-state index in [1.807, 2.05) is 38.1 Å². The summed E-state index contributed by atoms with van der Waals surface area (Å²) in [5.74, 6) is 1.87. The lowest BCUT2D eigenvalue weighted by atomic mass is 9.85. The number of fused-ring (bicyclic) bond motifs is 6. The lowest BCUT2D eigenvalue weighted by molar-refractivity contribution is 0.159. The third-order valence-electron chi connectivity index (χ3n) is 6.72. The summed E-state index contributed by atoms with van der Waals surface area (Å²) in [6, 6.07) is 23.6. The highest BCUT2D eigenvalue weighted by Gasteiger charge is 2.34. The topological polar surface area (TPSA) is 66.9 Å². The van der Waals surface area contributed by atoms with Crippen molar-refractivity contribution >= 4 is 10.9 Å². The number of methoxy groups -OCH3 is 3. The van der Waals surface area contributed by atoms with Gasteiger partial charge in [0.2, 0.25) is 0 Å². The van der Waals surface area contributed by atoms with Crippen molar-refractivity contribution < 1.29 is 19.3 Å². The molecule has 4 aromatic rings. The van der Waals surface area contributed by atoms with Crippen molar-refractivity contribution in [2.45, 2.75) is 46.2 Å². The van der Waals surface area contributed by atoms with Crippen LogP contribution in [0.5, 0.6) is 11.5 Å². The number of aliphatic hydroxyl groups excluding tert-OH is 1. The molecule has 212 valence electrons. The Morgan fingerprint density at radius 1 is 0.846 bits per heavy atom. The second-order valence-corrected chi connectivity index (χ2v) is 9.06. The van der Waals surface area contributed by atoms with Gasteiger partial charge in [-0.25, -0.2) is 0 Å². The SMILES string of the molecule is CC.CO.COC.COc1ccc2c(c1)C1Cc3c([nH]c4ccc(OC)cc34)CN1CC2.Cc1ccccc1. The van der Waals surface area contributed by atoms with Crippen LogP contribution in [0.3, 0.4) is 0 Å². The minimum atomic E-state index is 0.427. The fourth-order valence-corrected chi connectivity index (χ4v) is 4.99. The van der Waals surface area contributed by atoms with Gasteiger partial charge in [0, 0.05) is 57.1 Å². The molecule has 2 N–H and O–H groups in total. The smallest absolute Gasteiger partial charge is 0.119 e. The van der Waals surface area contributed by atoms with E-state index in [4.69, 9.17) is 14.6 Å². The molecule has 1 unspecified atom stereocenters. The van der Waals surface area contributed by atoms with Gasteiger partial charge >= 0.3 is 0 Å². The highest BCUT2D eigenvalue weighted by atomic mass is 16.5. The second-order valence-electron chi connectivity index (χ2n) is 9.06. The van der Waals surface area contributed by atoms with Gasteiger partial charge in [0.05, 0.1) is 14.2 Å². The van der Waals surface area contributed by atoms with Crippen LogP contribution in [0.15, 0.2) is 66.7 Å². The molecule has 0 amide bonds. The van der Waals surface area contributed by atoms with Crippen LogP contribution >= 0.6 is 0 Å². The maximum Gasteiger partial charge on any atom is 0.119 e. The van der Waals surface area contributed by atoms with Crippen molar-refractivity contribution in [1.82, 2.24) is 9.88 Å². The number of hydrogen-bond donors (Lipinski definition) is 2. The average molecular weight is 535 g/mol. The summed E-state index contributed by atoms with van der Waals surface area (Å²) < 4.78 is 15.2. The summed E-state index contributed by atoms with van der Waals surface area (Å²) in [4.78, 5) is 6.22. The van der Waals surface area contributed by atoms with Gasteiger partial charge in [-0.3, -0.25) is 4.90 Å². The molecule has 1 aromatic heterocycles. The number of rotatable bonds is 2. The molecule has 0 saturated heterocycles. The molecule has 6 rings (SSSR count). The third-order valence-corrected chi connectivity index (χ3v) is 6.72. The Hall–Kier alpha value is -3.32. The van der Waals surface area contributed by atoms with E-state index in [1.54, 1.807) is 28.4 Å². The normalized spacial score (nSPS) is 14.6. The molecule has 3 aromatic carbocycles. The Balaban J connectivity index is 0.000000320. The van der Waals surface area contributed by atoms with E-state index in [2.05, 4.69) is 64.0 Å². The molecule has 2 aliphatic heterocycles. The standard InChI is InChI=1S/C21H22N2O2.C7H8.C2H6O.C2H6.CH4O/c1-24-14-4-3-13-7-8-23-12-20-18(11-21(23)16(13)9-14)17-10-15(25-2)5-6-19(17)22-20;1-7-5-3-2-4-6-7;1-3-2;2*1-2/h3-6,9-10,21-22H,7-8,11-12H2,1-2H3;2-6H,1H3;1-2H3;1-2H3;2H,1H3. The van der Waals surface area contributed by atoms with E-state index in [9.17, 15) is 0 Å². The first kappa shape index (κ1) is 31.9. The van der Waals surface area contributed by atoms with Crippen molar-refractivity contribution in [3.05, 3.63) is 94.7 Å². The molecular formula is C33H46N2O4. The van der Waals surface area contributed by atoms with E-state index >= 15 is 0 Å². The monoisotopic (exact) mass is 534 g/mol. The Kier molecular flexibility index (Phi) is 13.6. The van der Waals surface area contributed by atoms with Crippen molar-refractivity contribution in [2.24, 2.45) is 0 Å². The predicted molar refractivity (Wildman–Crippen MR) is 162 cm³/mol. The Morgan fingerprint density at radius 2 is 1.46 bits per heavy atom. The number of nitrogens with one attached hydrogen (secondary N) is 1. The fourth-order valence-electron chi connectivity index (χ4n) is 4.99. The molecule has 3 heterocycles. The molecule has 0 bridgehead atoms. The zero-order valence-electron chi connectivity index (χ0n) is 24.9. The Labute approximate surface area is 234 Å². The van der Waals surface area contributed by atoms with Gasteiger partial charge in [-0.1, -0.05) is 55.8 Å².